The molecular weight excluding hydrogens is 387 g/mol. The number of nitrogens with one attached hydrogen (secondary N) is 2. The number of H-pyrrole nitrogens is 1. The van der Waals surface area contributed by atoms with Crippen LogP contribution in [0.3, 0.4) is 0 Å². The van der Waals surface area contributed by atoms with E-state index >= 15 is 0 Å². The predicted molar refractivity (Wildman–Crippen MR) is 102 cm³/mol. The summed E-state index contributed by atoms with van der Waals surface area (Å²) in [5, 5.41) is 23.7. The molecular formula is C18H13FN4O4S. The molecule has 3 aromatic rings. The summed E-state index contributed by atoms with van der Waals surface area (Å²) in [6.45, 7) is 0. The number of para-hydroxylation sites is 2. The SMILES string of the molecule is O=C(NN=Cc1c(O)n(-c2ccccc2F)c(=S)[nH]c1=O)c1ccccc1O. The van der Waals surface area contributed by atoms with E-state index in [-0.39, 0.29) is 27.3 Å². The molecule has 142 valence electrons. The third kappa shape index (κ3) is 3.67. The lowest BCUT2D eigenvalue weighted by molar-refractivity contribution is 0.0952. The fourth-order valence-corrected chi connectivity index (χ4v) is 2.67. The number of halogens is 1. The normalized spacial score (nSPS) is 10.9. The van der Waals surface area contributed by atoms with Gasteiger partial charge in [0.15, 0.2) is 4.77 Å². The van der Waals surface area contributed by atoms with Crippen molar-refractivity contribution < 1.29 is 19.4 Å². The van der Waals surface area contributed by atoms with Crippen molar-refractivity contribution in [1.82, 2.24) is 15.0 Å². The fraction of sp³-hybridized carbons (Fsp3) is 0. The number of hydrazone groups is 1. The first-order chi connectivity index (χ1) is 13.4. The maximum atomic E-state index is 14.1. The van der Waals surface area contributed by atoms with Gasteiger partial charge in [0, 0.05) is 0 Å². The average molecular weight is 400 g/mol. The lowest BCUT2D eigenvalue weighted by Crippen LogP contribution is -2.21. The van der Waals surface area contributed by atoms with E-state index in [0.29, 0.717) is 0 Å². The molecule has 0 bridgehead atoms. The Bertz CT molecular complexity index is 1200. The van der Waals surface area contributed by atoms with Crippen LogP contribution in [-0.2, 0) is 0 Å². The second kappa shape index (κ2) is 7.84. The van der Waals surface area contributed by atoms with E-state index in [2.05, 4.69) is 15.5 Å². The average Bonchev–Trinajstić information content (AvgIpc) is 2.66. The highest BCUT2D eigenvalue weighted by molar-refractivity contribution is 7.71. The van der Waals surface area contributed by atoms with Gasteiger partial charge in [-0.3, -0.25) is 19.1 Å². The van der Waals surface area contributed by atoms with E-state index in [0.717, 1.165) is 10.8 Å². The van der Waals surface area contributed by atoms with E-state index in [1.807, 2.05) is 0 Å². The number of hydrogen-bond acceptors (Lipinski definition) is 6. The van der Waals surface area contributed by atoms with Crippen molar-refractivity contribution in [1.29, 1.82) is 0 Å². The van der Waals surface area contributed by atoms with Crippen molar-refractivity contribution in [2.75, 3.05) is 0 Å². The Balaban J connectivity index is 1.96. The highest BCUT2D eigenvalue weighted by atomic mass is 32.1. The number of aromatic amines is 1. The van der Waals surface area contributed by atoms with Crippen LogP contribution >= 0.6 is 12.2 Å². The molecule has 1 heterocycles. The highest BCUT2D eigenvalue weighted by Gasteiger charge is 2.15. The Hall–Kier alpha value is -3.79. The zero-order chi connectivity index (χ0) is 20.3. The molecule has 0 aliphatic heterocycles. The van der Waals surface area contributed by atoms with E-state index in [4.69, 9.17) is 12.2 Å². The van der Waals surface area contributed by atoms with E-state index < -0.39 is 23.2 Å². The Labute approximate surface area is 162 Å². The lowest BCUT2D eigenvalue weighted by Gasteiger charge is -2.11. The van der Waals surface area contributed by atoms with Gasteiger partial charge in [0.25, 0.3) is 11.5 Å². The number of rotatable bonds is 4. The van der Waals surface area contributed by atoms with Crippen LogP contribution in [0.15, 0.2) is 58.4 Å². The molecule has 0 atom stereocenters. The highest BCUT2D eigenvalue weighted by Crippen LogP contribution is 2.21. The maximum absolute atomic E-state index is 14.1. The minimum Gasteiger partial charge on any atom is -0.507 e. The van der Waals surface area contributed by atoms with Gasteiger partial charge in [0.2, 0.25) is 5.88 Å². The molecule has 28 heavy (non-hydrogen) atoms. The second-order valence-corrected chi connectivity index (χ2v) is 5.89. The molecule has 0 unspecified atom stereocenters. The van der Waals surface area contributed by atoms with Crippen molar-refractivity contribution >= 4 is 24.3 Å². The van der Waals surface area contributed by atoms with Crippen LogP contribution in [0, 0.1) is 10.6 Å². The van der Waals surface area contributed by atoms with Gasteiger partial charge in [-0.05, 0) is 36.5 Å². The summed E-state index contributed by atoms with van der Waals surface area (Å²) in [6, 6.07) is 11.3. The number of nitrogens with zero attached hydrogens (tertiary/aromatic N) is 2. The van der Waals surface area contributed by atoms with Crippen molar-refractivity contribution in [3.05, 3.63) is 80.6 Å². The first-order valence-electron chi connectivity index (χ1n) is 7.84. The monoisotopic (exact) mass is 400 g/mol. The summed E-state index contributed by atoms with van der Waals surface area (Å²) < 4.78 is 14.8. The predicted octanol–water partition coefficient (Wildman–Crippen LogP) is 2.21. The summed E-state index contributed by atoms with van der Waals surface area (Å²) in [4.78, 5) is 26.4. The van der Waals surface area contributed by atoms with Crippen LogP contribution in [0.2, 0.25) is 0 Å². The topological polar surface area (TPSA) is 120 Å². The lowest BCUT2D eigenvalue weighted by atomic mass is 10.2. The summed E-state index contributed by atoms with van der Waals surface area (Å²) in [5.74, 6) is -2.30. The number of carbonyl (C=O) groups excluding carboxylic acids is 1. The molecule has 0 fully saturated rings. The van der Waals surface area contributed by atoms with Gasteiger partial charge in [-0.1, -0.05) is 24.3 Å². The quantitative estimate of drug-likeness (QED) is 0.304. The molecule has 0 saturated carbocycles. The fourth-order valence-electron chi connectivity index (χ4n) is 2.39. The largest absolute Gasteiger partial charge is 0.507 e. The van der Waals surface area contributed by atoms with Gasteiger partial charge >= 0.3 is 0 Å². The van der Waals surface area contributed by atoms with Crippen LogP contribution in [-0.4, -0.2) is 31.9 Å². The van der Waals surface area contributed by atoms with Gasteiger partial charge < -0.3 is 10.2 Å². The van der Waals surface area contributed by atoms with Crippen molar-refractivity contribution in [2.24, 2.45) is 5.10 Å². The van der Waals surface area contributed by atoms with Crippen molar-refractivity contribution in [3.8, 4) is 17.3 Å². The molecule has 8 nitrogen and oxygen atoms in total. The molecule has 10 heteroatoms. The number of carbonyl (C=O) groups is 1. The van der Waals surface area contributed by atoms with Gasteiger partial charge in [-0.15, -0.1) is 0 Å². The molecule has 2 aromatic carbocycles. The summed E-state index contributed by atoms with van der Waals surface area (Å²) in [6.07, 6.45) is 0.887. The van der Waals surface area contributed by atoms with E-state index in [1.165, 1.54) is 36.4 Å². The van der Waals surface area contributed by atoms with Crippen molar-refractivity contribution in [2.45, 2.75) is 0 Å². The standard InChI is InChI=1S/C18H13FN4O4S/c19-12-6-2-3-7-13(12)23-17(27)11(15(25)21-18(23)28)9-20-22-16(26)10-5-1-4-8-14(10)24/h1-9,24,27H,(H,22,26)(H,21,25,28). The zero-order valence-corrected chi connectivity index (χ0v) is 14.9. The smallest absolute Gasteiger partial charge is 0.275 e. The van der Waals surface area contributed by atoms with Crippen LogP contribution < -0.4 is 11.0 Å². The minimum atomic E-state index is -0.782. The first kappa shape index (κ1) is 19.0. The van der Waals surface area contributed by atoms with E-state index in [9.17, 15) is 24.2 Å². The number of hydrogen-bond donors (Lipinski definition) is 4. The molecule has 1 amide bonds. The van der Waals surface area contributed by atoms with Gasteiger partial charge in [0.1, 0.15) is 17.1 Å². The number of phenols is 1. The molecule has 0 saturated heterocycles. The molecule has 0 aliphatic carbocycles. The third-order valence-corrected chi connectivity index (χ3v) is 4.01. The molecule has 1 aromatic heterocycles. The number of phenolic OH excluding ortho intramolecular Hbond substituents is 1. The van der Waals surface area contributed by atoms with E-state index in [1.54, 1.807) is 12.1 Å². The molecule has 0 spiro atoms. The van der Waals surface area contributed by atoms with Crippen LogP contribution in [0.25, 0.3) is 5.69 Å². The van der Waals surface area contributed by atoms with Crippen LogP contribution in [0.1, 0.15) is 15.9 Å². The van der Waals surface area contributed by atoms with Gasteiger partial charge in [-0.25, -0.2) is 9.82 Å². The third-order valence-electron chi connectivity index (χ3n) is 3.72. The summed E-state index contributed by atoms with van der Waals surface area (Å²) in [5.41, 5.74) is 0.888. The zero-order valence-electron chi connectivity index (χ0n) is 14.1. The molecule has 3 rings (SSSR count). The van der Waals surface area contributed by atoms with Crippen LogP contribution in [0.4, 0.5) is 4.39 Å². The van der Waals surface area contributed by atoms with Crippen molar-refractivity contribution in [3.63, 3.8) is 0 Å². The maximum Gasteiger partial charge on any atom is 0.275 e. The second-order valence-electron chi connectivity index (χ2n) is 5.50. The molecule has 0 aliphatic rings. The Kier molecular flexibility index (Phi) is 5.32. The van der Waals surface area contributed by atoms with Gasteiger partial charge in [0.05, 0.1) is 17.5 Å². The minimum absolute atomic E-state index is 0.0277. The number of aromatic hydroxyl groups is 2. The first-order valence-corrected chi connectivity index (χ1v) is 8.25. The number of benzene rings is 2. The summed E-state index contributed by atoms with van der Waals surface area (Å²) >= 11 is 5.00. The Morgan fingerprint density at radius 3 is 2.57 bits per heavy atom. The molecule has 4 N–H and O–H groups in total. The number of amides is 1. The number of aromatic nitrogens is 2. The van der Waals surface area contributed by atoms with Crippen LogP contribution in [0.5, 0.6) is 11.6 Å². The van der Waals surface area contributed by atoms with Gasteiger partial charge in [-0.2, -0.15) is 5.10 Å². The summed E-state index contributed by atoms with van der Waals surface area (Å²) in [7, 11) is 0. The molecule has 0 radical (unpaired) electrons. The Morgan fingerprint density at radius 2 is 1.86 bits per heavy atom. The Morgan fingerprint density at radius 1 is 1.18 bits per heavy atom.